The number of hydrazine groups is 1. The molecule has 0 saturated carbocycles. The highest BCUT2D eigenvalue weighted by Gasteiger charge is 2.10. The molecule has 0 aliphatic heterocycles. The number of rotatable bonds is 8. The van der Waals surface area contributed by atoms with Crippen LogP contribution in [0.15, 0.2) is 48.5 Å². The van der Waals surface area contributed by atoms with Crippen molar-refractivity contribution in [2.24, 2.45) is 5.84 Å². The summed E-state index contributed by atoms with van der Waals surface area (Å²) in [5, 5.41) is 1.09. The van der Waals surface area contributed by atoms with E-state index in [9.17, 15) is 4.79 Å². The van der Waals surface area contributed by atoms with Crippen molar-refractivity contribution in [2.45, 2.75) is 38.5 Å². The highest BCUT2D eigenvalue weighted by atomic mass is 32.1. The molecule has 0 bridgehead atoms. The number of nitrogens with zero attached hydrogens (tertiary/aromatic N) is 1. The Hall–Kier alpha value is -2.24. The van der Waals surface area contributed by atoms with Gasteiger partial charge in [0.15, 0.2) is 0 Å². The molecule has 3 rings (SSSR count). The predicted molar refractivity (Wildman–Crippen MR) is 104 cm³/mol. The fraction of sp³-hybridized carbons (Fsp3) is 0.300. The third kappa shape index (κ3) is 4.65. The van der Waals surface area contributed by atoms with E-state index in [1.165, 1.54) is 15.8 Å². The molecule has 25 heavy (non-hydrogen) atoms. The fourth-order valence-electron chi connectivity index (χ4n) is 2.96. The van der Waals surface area contributed by atoms with Crippen LogP contribution in [0.5, 0.6) is 0 Å². The smallest absolute Gasteiger partial charge is 0.233 e. The van der Waals surface area contributed by atoms with Crippen molar-refractivity contribution in [1.29, 1.82) is 0 Å². The summed E-state index contributed by atoms with van der Waals surface area (Å²) < 4.78 is 1.23. The minimum Gasteiger partial charge on any atom is -0.294 e. The number of para-hydroxylation sites is 1. The van der Waals surface area contributed by atoms with Gasteiger partial charge >= 0.3 is 0 Å². The standard InChI is InChI=1S/C20H23N3OS/c21-23-19(24)14-4-2-1-3-9-15-10-5-6-11-16(15)20-22-17-12-7-8-13-18(17)25-20/h5-8,10-13H,1-4,9,14,21H2,(H,23,24). The molecule has 0 aliphatic carbocycles. The third-order valence-electron chi connectivity index (χ3n) is 4.30. The molecule has 1 aromatic heterocycles. The van der Waals surface area contributed by atoms with Crippen molar-refractivity contribution < 1.29 is 4.79 Å². The fourth-order valence-corrected chi connectivity index (χ4v) is 3.99. The van der Waals surface area contributed by atoms with Crippen LogP contribution in [0.2, 0.25) is 0 Å². The van der Waals surface area contributed by atoms with E-state index >= 15 is 0 Å². The Bertz CT molecular complexity index is 811. The van der Waals surface area contributed by atoms with Crippen molar-refractivity contribution in [1.82, 2.24) is 10.4 Å². The summed E-state index contributed by atoms with van der Waals surface area (Å²) in [7, 11) is 0. The maximum absolute atomic E-state index is 11.1. The lowest BCUT2D eigenvalue weighted by Crippen LogP contribution is -2.29. The quantitative estimate of drug-likeness (QED) is 0.272. The van der Waals surface area contributed by atoms with Gasteiger partial charge in [0, 0.05) is 12.0 Å². The highest BCUT2D eigenvalue weighted by Crippen LogP contribution is 2.32. The maximum Gasteiger partial charge on any atom is 0.233 e. The van der Waals surface area contributed by atoms with Crippen LogP contribution in [-0.2, 0) is 11.2 Å². The van der Waals surface area contributed by atoms with E-state index in [1.807, 2.05) is 6.07 Å². The second-order valence-corrected chi connectivity index (χ2v) is 7.16. The molecule has 3 N–H and O–H groups in total. The number of nitrogens with two attached hydrogens (primary N) is 1. The topological polar surface area (TPSA) is 68.0 Å². The van der Waals surface area contributed by atoms with E-state index in [0.29, 0.717) is 6.42 Å². The Morgan fingerprint density at radius 3 is 2.60 bits per heavy atom. The molecule has 5 heteroatoms. The van der Waals surface area contributed by atoms with Gasteiger partial charge in [-0.1, -0.05) is 49.2 Å². The van der Waals surface area contributed by atoms with Gasteiger partial charge in [-0.2, -0.15) is 0 Å². The summed E-state index contributed by atoms with van der Waals surface area (Å²) in [5.74, 6) is 5.00. The molecule has 3 aromatic rings. The molecule has 4 nitrogen and oxygen atoms in total. The molecule has 0 spiro atoms. The van der Waals surface area contributed by atoms with Crippen LogP contribution >= 0.6 is 11.3 Å². The maximum atomic E-state index is 11.1. The number of benzene rings is 2. The predicted octanol–water partition coefficient (Wildman–Crippen LogP) is 4.45. The number of aryl methyl sites for hydroxylation is 1. The molecule has 130 valence electrons. The molecule has 1 heterocycles. The summed E-state index contributed by atoms with van der Waals surface area (Å²) >= 11 is 1.75. The first-order valence-electron chi connectivity index (χ1n) is 8.71. The van der Waals surface area contributed by atoms with Crippen LogP contribution in [0.3, 0.4) is 0 Å². The Kier molecular flexibility index (Phi) is 6.14. The molecule has 0 aliphatic rings. The number of carbonyl (C=O) groups excluding carboxylic acids is 1. The van der Waals surface area contributed by atoms with E-state index in [4.69, 9.17) is 10.8 Å². The Morgan fingerprint density at radius 1 is 1.00 bits per heavy atom. The van der Waals surface area contributed by atoms with E-state index < -0.39 is 0 Å². The lowest BCUT2D eigenvalue weighted by molar-refractivity contribution is -0.121. The number of unbranched alkanes of at least 4 members (excludes halogenated alkanes) is 3. The Balaban J connectivity index is 1.60. The first-order chi connectivity index (χ1) is 12.3. The minimum atomic E-state index is -0.0822. The van der Waals surface area contributed by atoms with Crippen molar-refractivity contribution in [3.63, 3.8) is 0 Å². The first kappa shape index (κ1) is 17.6. The van der Waals surface area contributed by atoms with Crippen molar-refractivity contribution in [3.05, 3.63) is 54.1 Å². The van der Waals surface area contributed by atoms with Crippen LogP contribution in [-0.4, -0.2) is 10.9 Å². The van der Waals surface area contributed by atoms with E-state index in [1.54, 1.807) is 11.3 Å². The number of carbonyl (C=O) groups is 1. The monoisotopic (exact) mass is 353 g/mol. The van der Waals surface area contributed by atoms with E-state index in [2.05, 4.69) is 47.9 Å². The first-order valence-corrected chi connectivity index (χ1v) is 9.53. The second-order valence-electron chi connectivity index (χ2n) is 6.13. The molecule has 1 amide bonds. The number of aromatic nitrogens is 1. The molecule has 2 aromatic carbocycles. The van der Waals surface area contributed by atoms with Crippen molar-refractivity contribution in [2.75, 3.05) is 0 Å². The molecule has 0 atom stereocenters. The third-order valence-corrected chi connectivity index (χ3v) is 5.37. The van der Waals surface area contributed by atoms with Crippen LogP contribution in [0.4, 0.5) is 0 Å². The van der Waals surface area contributed by atoms with E-state index in [0.717, 1.165) is 42.6 Å². The summed E-state index contributed by atoms with van der Waals surface area (Å²) in [6.45, 7) is 0. The van der Waals surface area contributed by atoms with Gasteiger partial charge in [0.05, 0.1) is 10.2 Å². The average molecular weight is 353 g/mol. The van der Waals surface area contributed by atoms with Crippen LogP contribution < -0.4 is 11.3 Å². The van der Waals surface area contributed by atoms with Gasteiger partial charge in [-0.15, -0.1) is 11.3 Å². The SMILES string of the molecule is NNC(=O)CCCCCCc1ccccc1-c1nc2ccccc2s1. The number of thiazole rings is 1. The van der Waals surface area contributed by atoms with Gasteiger partial charge in [-0.25, -0.2) is 10.8 Å². The van der Waals surface area contributed by atoms with Gasteiger partial charge in [-0.05, 0) is 37.0 Å². The summed E-state index contributed by atoms with van der Waals surface area (Å²) in [5.41, 5.74) is 5.83. The van der Waals surface area contributed by atoms with Gasteiger partial charge in [0.1, 0.15) is 5.01 Å². The number of hydrogen-bond acceptors (Lipinski definition) is 4. The zero-order chi connectivity index (χ0) is 17.5. The van der Waals surface area contributed by atoms with Crippen LogP contribution in [0, 0.1) is 0 Å². The lowest BCUT2D eigenvalue weighted by Gasteiger charge is -2.07. The average Bonchev–Trinajstić information content (AvgIpc) is 3.08. The summed E-state index contributed by atoms with van der Waals surface area (Å²) in [6, 6.07) is 16.8. The van der Waals surface area contributed by atoms with Gasteiger partial charge < -0.3 is 0 Å². The van der Waals surface area contributed by atoms with Crippen molar-refractivity contribution >= 4 is 27.5 Å². The normalized spacial score (nSPS) is 10.9. The molecular formula is C20H23N3OS. The minimum absolute atomic E-state index is 0.0822. The largest absolute Gasteiger partial charge is 0.294 e. The number of hydrogen-bond donors (Lipinski definition) is 2. The zero-order valence-corrected chi connectivity index (χ0v) is 15.0. The van der Waals surface area contributed by atoms with E-state index in [-0.39, 0.29) is 5.91 Å². The number of fused-ring (bicyclic) bond motifs is 1. The van der Waals surface area contributed by atoms with Crippen molar-refractivity contribution in [3.8, 4) is 10.6 Å². The van der Waals surface area contributed by atoms with Gasteiger partial charge in [0.25, 0.3) is 0 Å². The van der Waals surface area contributed by atoms with Crippen LogP contribution in [0.1, 0.15) is 37.7 Å². The molecule has 0 unspecified atom stereocenters. The molecule has 0 radical (unpaired) electrons. The highest BCUT2D eigenvalue weighted by molar-refractivity contribution is 7.21. The Labute approximate surface area is 152 Å². The summed E-state index contributed by atoms with van der Waals surface area (Å²) in [4.78, 5) is 15.9. The molecule has 0 saturated heterocycles. The number of nitrogens with one attached hydrogen (secondary N) is 1. The van der Waals surface area contributed by atoms with Gasteiger partial charge in [0.2, 0.25) is 5.91 Å². The lowest BCUT2D eigenvalue weighted by atomic mass is 10.0. The molecular weight excluding hydrogens is 330 g/mol. The van der Waals surface area contributed by atoms with Crippen LogP contribution in [0.25, 0.3) is 20.8 Å². The zero-order valence-electron chi connectivity index (χ0n) is 14.2. The van der Waals surface area contributed by atoms with Gasteiger partial charge in [-0.3, -0.25) is 10.2 Å². The Morgan fingerprint density at radius 2 is 1.76 bits per heavy atom. The number of amides is 1. The second kappa shape index (κ2) is 8.74. The molecule has 0 fully saturated rings. The summed E-state index contributed by atoms with van der Waals surface area (Å²) in [6.07, 6.45) is 5.73.